The van der Waals surface area contributed by atoms with Gasteiger partial charge in [-0.2, -0.15) is 0 Å². The molecule has 0 fully saturated rings. The fourth-order valence-corrected chi connectivity index (χ4v) is 7.30. The van der Waals surface area contributed by atoms with Crippen molar-refractivity contribution in [3.05, 3.63) is 170 Å². The van der Waals surface area contributed by atoms with E-state index in [0.717, 1.165) is 61.1 Å². The lowest BCUT2D eigenvalue weighted by Crippen LogP contribution is -1.97. The zero-order valence-corrected chi connectivity index (χ0v) is 26.5. The minimum Gasteiger partial charge on any atom is -0.456 e. The van der Waals surface area contributed by atoms with E-state index in [2.05, 4.69) is 140 Å². The van der Waals surface area contributed by atoms with Crippen molar-refractivity contribution in [3.63, 3.8) is 0 Å². The summed E-state index contributed by atoms with van der Waals surface area (Å²) in [6, 6.07) is 59.8. The van der Waals surface area contributed by atoms with Crippen molar-refractivity contribution in [2.24, 2.45) is 0 Å². The molecule has 0 N–H and O–H groups in total. The van der Waals surface area contributed by atoms with Crippen molar-refractivity contribution in [1.29, 1.82) is 0 Å². The van der Waals surface area contributed by atoms with Crippen LogP contribution < -0.4 is 0 Å². The van der Waals surface area contributed by atoms with Crippen molar-refractivity contribution < 1.29 is 4.42 Å². The van der Waals surface area contributed by atoms with Crippen LogP contribution in [0.2, 0.25) is 0 Å². The van der Waals surface area contributed by atoms with Gasteiger partial charge in [-0.05, 0) is 79.8 Å². The summed E-state index contributed by atoms with van der Waals surface area (Å²) in [6.45, 7) is 0. The third kappa shape index (κ3) is 4.59. The fourth-order valence-electron chi connectivity index (χ4n) is 7.30. The number of hydrogen-bond donors (Lipinski definition) is 0. The first-order valence-electron chi connectivity index (χ1n) is 16.6. The molecule has 0 amide bonds. The van der Waals surface area contributed by atoms with Crippen LogP contribution >= 0.6 is 0 Å². The number of hydrogen-bond acceptors (Lipinski definition) is 3. The van der Waals surface area contributed by atoms with E-state index in [-0.39, 0.29) is 0 Å². The average molecular weight is 625 g/mol. The van der Waals surface area contributed by atoms with Crippen molar-refractivity contribution in [1.82, 2.24) is 9.97 Å². The van der Waals surface area contributed by atoms with Crippen molar-refractivity contribution >= 4 is 54.3 Å². The smallest absolute Gasteiger partial charge is 0.160 e. The van der Waals surface area contributed by atoms with Gasteiger partial charge in [-0.15, -0.1) is 0 Å². The molecule has 0 aliphatic carbocycles. The summed E-state index contributed by atoms with van der Waals surface area (Å²) >= 11 is 0. The molecule has 3 heteroatoms. The predicted octanol–water partition coefficient (Wildman–Crippen LogP) is 12.5. The van der Waals surface area contributed by atoms with Gasteiger partial charge < -0.3 is 4.42 Å². The average Bonchev–Trinajstić information content (AvgIpc) is 3.55. The lowest BCUT2D eigenvalue weighted by molar-refractivity contribution is 0.669. The summed E-state index contributed by atoms with van der Waals surface area (Å²) in [7, 11) is 0. The quantitative estimate of drug-likeness (QED) is 0.144. The molecule has 2 aromatic heterocycles. The van der Waals surface area contributed by atoms with Gasteiger partial charge in [0.2, 0.25) is 0 Å². The highest BCUT2D eigenvalue weighted by Crippen LogP contribution is 2.41. The van der Waals surface area contributed by atoms with E-state index in [9.17, 15) is 0 Å². The highest BCUT2D eigenvalue weighted by molar-refractivity contribution is 6.19. The molecule has 0 aliphatic heterocycles. The third-order valence-corrected chi connectivity index (χ3v) is 9.65. The summed E-state index contributed by atoms with van der Waals surface area (Å²) < 4.78 is 6.11. The molecule has 3 nitrogen and oxygen atoms in total. The number of benzene rings is 8. The van der Waals surface area contributed by atoms with Crippen molar-refractivity contribution in [2.45, 2.75) is 0 Å². The summed E-state index contributed by atoms with van der Waals surface area (Å²) in [5.41, 5.74) is 8.95. The standard InChI is InChI=1S/C46H28N2O/c1-2-12-30(13-3-1)46-47-41(34-16-10-15-31(25-34)32-22-24-44-40(26-32)37-19-8-9-20-43(37)49-44)28-42(48-46)45-36-18-7-5-14-33(36)27-39-35-17-6-4-11-29(35)21-23-38(39)45/h1-28H. The van der Waals surface area contributed by atoms with Gasteiger partial charge in [0.25, 0.3) is 0 Å². The number of nitrogens with zero attached hydrogens (tertiary/aromatic N) is 2. The van der Waals surface area contributed by atoms with E-state index in [1.54, 1.807) is 0 Å². The molecule has 0 aliphatic rings. The van der Waals surface area contributed by atoms with E-state index in [1.165, 1.54) is 32.3 Å². The molecule has 8 aromatic carbocycles. The van der Waals surface area contributed by atoms with Crippen LogP contribution in [-0.2, 0) is 0 Å². The summed E-state index contributed by atoms with van der Waals surface area (Å²) in [6.07, 6.45) is 0. The second-order valence-corrected chi connectivity index (χ2v) is 12.6. The van der Waals surface area contributed by atoms with E-state index >= 15 is 0 Å². The summed E-state index contributed by atoms with van der Waals surface area (Å²) in [5, 5.41) is 9.45. The first kappa shape index (κ1) is 27.5. The molecule has 0 atom stereocenters. The zero-order chi connectivity index (χ0) is 32.3. The number of furan rings is 1. The van der Waals surface area contributed by atoms with Crippen LogP contribution in [0.1, 0.15) is 0 Å². The van der Waals surface area contributed by atoms with Gasteiger partial charge in [0, 0.05) is 27.5 Å². The summed E-state index contributed by atoms with van der Waals surface area (Å²) in [4.78, 5) is 10.5. The zero-order valence-electron chi connectivity index (χ0n) is 26.5. The van der Waals surface area contributed by atoms with Crippen LogP contribution in [0.4, 0.5) is 0 Å². The Hall–Kier alpha value is -6.58. The Morgan fingerprint density at radius 1 is 0.327 bits per heavy atom. The Balaban J connectivity index is 1.21. The minimum absolute atomic E-state index is 0.701. The normalized spacial score (nSPS) is 11.7. The molecule has 10 aromatic rings. The van der Waals surface area contributed by atoms with Gasteiger partial charge in [0.15, 0.2) is 5.82 Å². The molecule has 0 saturated carbocycles. The molecule has 0 saturated heterocycles. The lowest BCUT2D eigenvalue weighted by Gasteiger charge is -2.15. The topological polar surface area (TPSA) is 38.9 Å². The van der Waals surface area contributed by atoms with Crippen molar-refractivity contribution in [2.75, 3.05) is 0 Å². The molecule has 49 heavy (non-hydrogen) atoms. The SMILES string of the molecule is c1ccc(-c2nc(-c3cccc(-c4ccc5oc6ccccc6c5c4)c3)cc(-c3c4ccccc4cc4c3ccc3ccccc34)n2)cc1. The molecule has 10 rings (SSSR count). The second-order valence-electron chi connectivity index (χ2n) is 12.6. The largest absolute Gasteiger partial charge is 0.456 e. The van der Waals surface area contributed by atoms with Gasteiger partial charge in [-0.3, -0.25) is 0 Å². The first-order chi connectivity index (χ1) is 24.3. The highest BCUT2D eigenvalue weighted by Gasteiger charge is 2.17. The maximum absolute atomic E-state index is 6.11. The van der Waals surface area contributed by atoms with Crippen LogP contribution in [0.15, 0.2) is 174 Å². The number of aromatic nitrogens is 2. The Labute approximate surface area is 282 Å². The molecule has 2 heterocycles. The molecule has 0 radical (unpaired) electrons. The van der Waals surface area contributed by atoms with Gasteiger partial charge in [0.05, 0.1) is 11.4 Å². The maximum atomic E-state index is 6.11. The first-order valence-corrected chi connectivity index (χ1v) is 16.6. The lowest BCUT2D eigenvalue weighted by atomic mass is 9.91. The molecule has 0 unspecified atom stereocenters. The second kappa shape index (κ2) is 11.0. The predicted molar refractivity (Wildman–Crippen MR) is 204 cm³/mol. The highest BCUT2D eigenvalue weighted by atomic mass is 16.3. The minimum atomic E-state index is 0.701. The fraction of sp³-hybridized carbons (Fsp3) is 0. The number of rotatable bonds is 4. The molecule has 228 valence electrons. The van der Waals surface area contributed by atoms with Crippen LogP contribution in [-0.4, -0.2) is 9.97 Å². The Morgan fingerprint density at radius 3 is 1.90 bits per heavy atom. The van der Waals surface area contributed by atoms with Gasteiger partial charge in [0.1, 0.15) is 11.2 Å². The molecule has 0 bridgehead atoms. The molecular weight excluding hydrogens is 597 g/mol. The summed E-state index contributed by atoms with van der Waals surface area (Å²) in [5.74, 6) is 0.701. The van der Waals surface area contributed by atoms with Crippen LogP contribution in [0.25, 0.3) is 99.3 Å². The van der Waals surface area contributed by atoms with Gasteiger partial charge >= 0.3 is 0 Å². The van der Waals surface area contributed by atoms with E-state index in [4.69, 9.17) is 14.4 Å². The van der Waals surface area contributed by atoms with Crippen LogP contribution in [0.5, 0.6) is 0 Å². The van der Waals surface area contributed by atoms with Gasteiger partial charge in [-0.25, -0.2) is 9.97 Å². The molecular formula is C46H28N2O. The Kier molecular flexibility index (Phi) is 6.18. The van der Waals surface area contributed by atoms with Gasteiger partial charge in [-0.1, -0.05) is 133 Å². The number of para-hydroxylation sites is 1. The van der Waals surface area contributed by atoms with Crippen molar-refractivity contribution in [3.8, 4) is 45.0 Å². The molecule has 0 spiro atoms. The number of fused-ring (bicyclic) bond motifs is 7. The van der Waals surface area contributed by atoms with E-state index in [0.29, 0.717) is 5.82 Å². The third-order valence-electron chi connectivity index (χ3n) is 9.65. The van der Waals surface area contributed by atoms with Crippen LogP contribution in [0, 0.1) is 0 Å². The monoisotopic (exact) mass is 624 g/mol. The maximum Gasteiger partial charge on any atom is 0.160 e. The van der Waals surface area contributed by atoms with Crippen LogP contribution in [0.3, 0.4) is 0 Å². The Bertz CT molecular complexity index is 2890. The Morgan fingerprint density at radius 2 is 1.00 bits per heavy atom. The van der Waals surface area contributed by atoms with E-state index < -0.39 is 0 Å². The van der Waals surface area contributed by atoms with E-state index in [1.807, 2.05) is 30.3 Å².